The maximum atomic E-state index is 13.2. The van der Waals surface area contributed by atoms with E-state index in [9.17, 15) is 23.1 Å². The molecular weight excluding hydrogens is 480 g/mol. The molecule has 0 spiro atoms. The van der Waals surface area contributed by atoms with Crippen molar-refractivity contribution in [2.45, 2.75) is 67.3 Å². The summed E-state index contributed by atoms with van der Waals surface area (Å²) < 4.78 is 36.6. The Hall–Kier alpha value is -2.34. The highest BCUT2D eigenvalue weighted by Crippen LogP contribution is 2.35. The quantitative estimate of drug-likeness (QED) is 0.527. The average molecular weight is 509 g/mol. The number of anilines is 1. The van der Waals surface area contributed by atoms with E-state index in [-0.39, 0.29) is 21.4 Å². The molecule has 2 heterocycles. The zero-order valence-corrected chi connectivity index (χ0v) is 20.7. The Labute approximate surface area is 202 Å². The van der Waals surface area contributed by atoms with E-state index in [0.29, 0.717) is 50.2 Å². The van der Waals surface area contributed by atoms with Crippen LogP contribution in [0.5, 0.6) is 0 Å². The van der Waals surface area contributed by atoms with Crippen LogP contribution in [0.25, 0.3) is 0 Å². The predicted molar refractivity (Wildman–Crippen MR) is 126 cm³/mol. The summed E-state index contributed by atoms with van der Waals surface area (Å²) >= 11 is 1.14. The van der Waals surface area contributed by atoms with Gasteiger partial charge in [-0.25, -0.2) is 13.4 Å². The van der Waals surface area contributed by atoms with Crippen molar-refractivity contribution in [1.82, 2.24) is 4.98 Å². The zero-order chi connectivity index (χ0) is 24.5. The lowest BCUT2D eigenvalue weighted by Crippen LogP contribution is -2.31. The van der Waals surface area contributed by atoms with E-state index < -0.39 is 33.2 Å². The predicted octanol–water partition coefficient (Wildman–Crippen LogP) is 3.32. The van der Waals surface area contributed by atoms with Crippen molar-refractivity contribution >= 4 is 38.2 Å². The monoisotopic (exact) mass is 508 g/mol. The van der Waals surface area contributed by atoms with E-state index in [1.54, 1.807) is 31.4 Å². The van der Waals surface area contributed by atoms with Gasteiger partial charge in [0.1, 0.15) is 5.41 Å². The molecule has 0 bridgehead atoms. The van der Waals surface area contributed by atoms with E-state index in [0.717, 1.165) is 11.3 Å². The van der Waals surface area contributed by atoms with Crippen molar-refractivity contribution in [1.29, 1.82) is 0 Å². The number of rotatable bonds is 9. The second-order valence-electron chi connectivity index (χ2n) is 9.10. The van der Waals surface area contributed by atoms with Gasteiger partial charge in [-0.2, -0.15) is 0 Å². The molecule has 2 N–H and O–H groups in total. The highest BCUT2D eigenvalue weighted by atomic mass is 32.2. The Morgan fingerprint density at radius 1 is 1.18 bits per heavy atom. The largest absolute Gasteiger partial charge is 0.481 e. The van der Waals surface area contributed by atoms with Gasteiger partial charge in [0, 0.05) is 18.6 Å². The normalized spacial score (nSPS) is 18.4. The Morgan fingerprint density at radius 3 is 2.41 bits per heavy atom. The van der Waals surface area contributed by atoms with Crippen molar-refractivity contribution in [3.63, 3.8) is 0 Å². The van der Waals surface area contributed by atoms with E-state index in [4.69, 9.17) is 9.47 Å². The maximum absolute atomic E-state index is 13.2. The van der Waals surface area contributed by atoms with E-state index in [2.05, 4.69) is 10.3 Å². The number of sulfone groups is 1. The summed E-state index contributed by atoms with van der Waals surface area (Å²) in [4.78, 5) is 29.3. The molecule has 1 amide bonds. The number of nitrogens with zero attached hydrogens (tertiary/aromatic N) is 1. The molecular formula is C23H28N2O7S2. The fraction of sp³-hybridized carbons (Fsp3) is 0.522. The van der Waals surface area contributed by atoms with Crippen LogP contribution in [-0.2, 0) is 34.3 Å². The van der Waals surface area contributed by atoms with Gasteiger partial charge in [0.25, 0.3) is 5.91 Å². The fourth-order valence-electron chi connectivity index (χ4n) is 3.60. The van der Waals surface area contributed by atoms with Gasteiger partial charge in [0.2, 0.25) is 0 Å². The third kappa shape index (κ3) is 5.32. The first-order valence-corrected chi connectivity index (χ1v) is 13.6. The maximum Gasteiger partial charge on any atom is 0.315 e. The number of hydrogen-bond acceptors (Lipinski definition) is 8. The molecule has 11 heteroatoms. The smallest absolute Gasteiger partial charge is 0.315 e. The zero-order valence-electron chi connectivity index (χ0n) is 19.0. The molecule has 1 saturated heterocycles. The number of aliphatic carboxylic acids is 1. The van der Waals surface area contributed by atoms with Crippen LogP contribution in [0.1, 0.15) is 56.9 Å². The van der Waals surface area contributed by atoms with Crippen molar-refractivity contribution in [2.24, 2.45) is 0 Å². The lowest BCUT2D eigenvalue weighted by molar-refractivity contribution is -0.142. The van der Waals surface area contributed by atoms with Gasteiger partial charge in [-0.05, 0) is 57.2 Å². The van der Waals surface area contributed by atoms with Gasteiger partial charge in [-0.1, -0.05) is 12.1 Å². The molecule has 1 atom stereocenters. The SMILES string of the molecule is CC(C)(C(=O)O)c1csc(NC(=O)C(OC2CCOCC2)c2ccc(S(=O)(=O)C3CC3)cc2)n1. The molecule has 2 aromatic rings. The third-order valence-electron chi connectivity index (χ3n) is 6.12. The number of thiazole rings is 1. The first-order chi connectivity index (χ1) is 16.1. The Balaban J connectivity index is 1.55. The van der Waals surface area contributed by atoms with Crippen LogP contribution >= 0.6 is 11.3 Å². The summed E-state index contributed by atoms with van der Waals surface area (Å²) in [7, 11) is -3.34. The van der Waals surface area contributed by atoms with Gasteiger partial charge in [0.05, 0.1) is 21.9 Å². The lowest BCUT2D eigenvalue weighted by atomic mass is 9.90. The van der Waals surface area contributed by atoms with E-state index in [1.165, 1.54) is 12.1 Å². The number of nitrogens with one attached hydrogen (secondary N) is 1. The van der Waals surface area contributed by atoms with Crippen LogP contribution in [0.15, 0.2) is 34.5 Å². The van der Waals surface area contributed by atoms with Gasteiger partial charge < -0.3 is 14.6 Å². The molecule has 4 rings (SSSR count). The Morgan fingerprint density at radius 2 is 1.82 bits per heavy atom. The molecule has 184 valence electrons. The van der Waals surface area contributed by atoms with Crippen molar-refractivity contribution in [2.75, 3.05) is 18.5 Å². The number of amides is 1. The van der Waals surface area contributed by atoms with E-state index >= 15 is 0 Å². The molecule has 0 radical (unpaired) electrons. The van der Waals surface area contributed by atoms with E-state index in [1.807, 2.05) is 0 Å². The molecule has 9 nitrogen and oxygen atoms in total. The van der Waals surface area contributed by atoms with Crippen LogP contribution in [0.2, 0.25) is 0 Å². The molecule has 1 aromatic carbocycles. The molecule has 2 aliphatic rings. The number of carboxylic acid groups (broad SMARTS) is 1. The highest BCUT2D eigenvalue weighted by Gasteiger charge is 2.37. The Kier molecular flexibility index (Phi) is 7.09. The minimum Gasteiger partial charge on any atom is -0.481 e. The first kappa shape index (κ1) is 24.8. The number of carboxylic acids is 1. The molecule has 1 saturated carbocycles. The summed E-state index contributed by atoms with van der Waals surface area (Å²) in [5, 5.41) is 13.7. The standard InChI is InChI=1S/C23H28N2O7S2/c1-23(2,21(27)28)18-13-33-22(24-18)25-20(26)19(32-15-9-11-31-12-10-15)14-3-5-16(6-4-14)34(29,30)17-7-8-17/h3-6,13,15,17,19H,7-12H2,1-2H3,(H,27,28)(H,24,25,26). The number of benzene rings is 1. The fourth-order valence-corrected chi connectivity index (χ4v) is 6.14. The molecule has 1 aliphatic carbocycles. The van der Waals surface area contributed by atoms with Crippen molar-refractivity contribution in [3.8, 4) is 0 Å². The number of carbonyl (C=O) groups excluding carboxylic acids is 1. The van der Waals surface area contributed by atoms with Gasteiger partial charge in [-0.3, -0.25) is 14.9 Å². The topological polar surface area (TPSA) is 132 Å². The Bertz CT molecular complexity index is 1150. The van der Waals surface area contributed by atoms with Crippen LogP contribution < -0.4 is 5.32 Å². The van der Waals surface area contributed by atoms with Crippen LogP contribution in [0, 0.1) is 0 Å². The summed E-state index contributed by atoms with van der Waals surface area (Å²) in [6.45, 7) is 4.17. The number of carbonyl (C=O) groups is 2. The first-order valence-electron chi connectivity index (χ1n) is 11.2. The van der Waals surface area contributed by atoms with Gasteiger partial charge in [-0.15, -0.1) is 11.3 Å². The average Bonchev–Trinajstić information content (AvgIpc) is 3.58. The second-order valence-corrected chi connectivity index (χ2v) is 12.2. The van der Waals surface area contributed by atoms with Crippen LogP contribution in [0.3, 0.4) is 0 Å². The summed E-state index contributed by atoms with van der Waals surface area (Å²) in [6, 6.07) is 6.26. The number of hydrogen-bond donors (Lipinski definition) is 2. The van der Waals surface area contributed by atoms with Gasteiger partial charge in [0.15, 0.2) is 21.1 Å². The van der Waals surface area contributed by atoms with Crippen molar-refractivity contribution < 1.29 is 32.6 Å². The summed E-state index contributed by atoms with van der Waals surface area (Å²) in [5.74, 6) is -1.48. The summed E-state index contributed by atoms with van der Waals surface area (Å²) in [6.07, 6.45) is 1.48. The highest BCUT2D eigenvalue weighted by molar-refractivity contribution is 7.92. The van der Waals surface area contributed by atoms with Crippen molar-refractivity contribution in [3.05, 3.63) is 40.9 Å². The van der Waals surface area contributed by atoms with Crippen LogP contribution in [0.4, 0.5) is 5.13 Å². The number of aromatic nitrogens is 1. The third-order valence-corrected chi connectivity index (χ3v) is 9.15. The molecule has 2 fully saturated rings. The molecule has 34 heavy (non-hydrogen) atoms. The minimum atomic E-state index is -3.34. The molecule has 1 aliphatic heterocycles. The second kappa shape index (κ2) is 9.73. The van der Waals surface area contributed by atoms with Crippen LogP contribution in [-0.4, -0.2) is 55.0 Å². The lowest BCUT2D eigenvalue weighted by Gasteiger charge is -2.27. The van der Waals surface area contributed by atoms with Gasteiger partial charge >= 0.3 is 5.97 Å². The molecule has 1 unspecified atom stereocenters. The number of ether oxygens (including phenoxy) is 2. The minimum absolute atomic E-state index is 0.183. The summed E-state index contributed by atoms with van der Waals surface area (Å²) in [5.41, 5.74) is -0.321. The molecule has 1 aromatic heterocycles.